The van der Waals surface area contributed by atoms with Crippen molar-refractivity contribution in [2.45, 2.75) is 12.8 Å². The van der Waals surface area contributed by atoms with E-state index < -0.39 is 4.92 Å². The minimum atomic E-state index is -0.421. The van der Waals surface area contributed by atoms with Crippen LogP contribution in [0.25, 0.3) is 0 Å². The van der Waals surface area contributed by atoms with Crippen LogP contribution in [0.1, 0.15) is 22.6 Å². The summed E-state index contributed by atoms with van der Waals surface area (Å²) in [7, 11) is 0. The van der Waals surface area contributed by atoms with Crippen molar-refractivity contribution in [1.29, 1.82) is 0 Å². The van der Waals surface area contributed by atoms with Crippen molar-refractivity contribution in [1.82, 2.24) is 4.98 Å². The SMILES string of the molecule is O=C(CCC[N+](=O)[O-])c1nccs1. The molecule has 0 aromatic carbocycles. The van der Waals surface area contributed by atoms with E-state index in [1.54, 1.807) is 11.6 Å². The molecule has 1 rings (SSSR count). The summed E-state index contributed by atoms with van der Waals surface area (Å²) in [4.78, 5) is 24.6. The summed E-state index contributed by atoms with van der Waals surface area (Å²) in [5.74, 6) is -0.114. The van der Waals surface area contributed by atoms with Crippen LogP contribution in [0.3, 0.4) is 0 Å². The molecule has 0 N–H and O–H groups in total. The molecule has 0 atom stereocenters. The summed E-state index contributed by atoms with van der Waals surface area (Å²) in [6.07, 6.45) is 2.03. The zero-order chi connectivity index (χ0) is 9.68. The van der Waals surface area contributed by atoms with Gasteiger partial charge in [0.1, 0.15) is 0 Å². The number of rotatable bonds is 5. The molecular weight excluding hydrogens is 192 g/mol. The number of ketones is 1. The van der Waals surface area contributed by atoms with E-state index in [1.807, 2.05) is 0 Å². The fourth-order valence-electron chi connectivity index (χ4n) is 0.837. The number of hydrogen-bond donors (Lipinski definition) is 0. The molecule has 0 bridgehead atoms. The molecule has 13 heavy (non-hydrogen) atoms. The first kappa shape index (κ1) is 9.79. The van der Waals surface area contributed by atoms with Crippen molar-refractivity contribution in [3.05, 3.63) is 26.7 Å². The molecule has 0 aliphatic rings. The molecule has 0 unspecified atom stereocenters. The third-order valence-electron chi connectivity index (χ3n) is 1.42. The van der Waals surface area contributed by atoms with Gasteiger partial charge in [-0.1, -0.05) is 0 Å². The van der Waals surface area contributed by atoms with Gasteiger partial charge in [0.2, 0.25) is 6.54 Å². The van der Waals surface area contributed by atoms with Crippen molar-refractivity contribution < 1.29 is 9.72 Å². The molecular formula is C7H8N2O3S. The Balaban J connectivity index is 2.31. The van der Waals surface area contributed by atoms with E-state index in [4.69, 9.17) is 0 Å². The van der Waals surface area contributed by atoms with Crippen molar-refractivity contribution >= 4 is 17.1 Å². The Labute approximate surface area is 78.6 Å². The van der Waals surface area contributed by atoms with Crippen molar-refractivity contribution in [2.75, 3.05) is 6.54 Å². The number of nitrogens with zero attached hydrogens (tertiary/aromatic N) is 2. The average molecular weight is 200 g/mol. The Hall–Kier alpha value is -1.30. The van der Waals surface area contributed by atoms with Crippen LogP contribution in [0.15, 0.2) is 11.6 Å². The lowest BCUT2D eigenvalue weighted by molar-refractivity contribution is -0.480. The van der Waals surface area contributed by atoms with E-state index in [2.05, 4.69) is 4.98 Å². The quantitative estimate of drug-likeness (QED) is 0.409. The molecule has 0 aliphatic heterocycles. The van der Waals surface area contributed by atoms with E-state index in [9.17, 15) is 14.9 Å². The van der Waals surface area contributed by atoms with Gasteiger partial charge in [-0.2, -0.15) is 0 Å². The lowest BCUT2D eigenvalue weighted by atomic mass is 10.2. The molecule has 5 nitrogen and oxygen atoms in total. The molecule has 0 fully saturated rings. The maximum absolute atomic E-state index is 11.2. The van der Waals surface area contributed by atoms with Crippen molar-refractivity contribution in [2.24, 2.45) is 0 Å². The molecule has 0 radical (unpaired) electrons. The molecule has 1 aromatic heterocycles. The summed E-state index contributed by atoms with van der Waals surface area (Å²) in [6, 6.07) is 0. The van der Waals surface area contributed by atoms with Gasteiger partial charge in [-0.3, -0.25) is 14.9 Å². The Bertz CT molecular complexity index is 297. The van der Waals surface area contributed by atoms with Crippen LogP contribution in [-0.4, -0.2) is 22.2 Å². The van der Waals surface area contributed by atoms with Gasteiger partial charge in [-0.05, 0) is 0 Å². The second-order valence-corrected chi connectivity index (χ2v) is 3.31. The standard InChI is InChI=1S/C7H8N2O3S/c10-6(2-1-4-9(11)12)7-8-3-5-13-7/h3,5H,1-2,4H2. The maximum atomic E-state index is 11.2. The first-order valence-corrected chi connectivity index (χ1v) is 4.62. The smallest absolute Gasteiger partial charge is 0.204 e. The molecule has 0 saturated heterocycles. The largest absolute Gasteiger partial charge is 0.292 e. The third-order valence-corrected chi connectivity index (χ3v) is 2.23. The fraction of sp³-hybridized carbons (Fsp3) is 0.429. The van der Waals surface area contributed by atoms with E-state index in [0.717, 1.165) is 0 Å². The molecule has 1 heterocycles. The maximum Gasteiger partial charge on any atom is 0.204 e. The summed E-state index contributed by atoms with van der Waals surface area (Å²) in [5.41, 5.74) is 0. The highest BCUT2D eigenvalue weighted by Crippen LogP contribution is 2.08. The topological polar surface area (TPSA) is 73.1 Å². The van der Waals surface area contributed by atoms with Gasteiger partial charge in [0, 0.05) is 29.3 Å². The van der Waals surface area contributed by atoms with Gasteiger partial charge < -0.3 is 0 Å². The Kier molecular flexibility index (Phi) is 3.51. The van der Waals surface area contributed by atoms with Crippen LogP contribution in [-0.2, 0) is 0 Å². The third kappa shape index (κ3) is 3.29. The van der Waals surface area contributed by atoms with Crippen molar-refractivity contribution in [3.8, 4) is 0 Å². The van der Waals surface area contributed by atoms with Crippen LogP contribution in [0.2, 0.25) is 0 Å². The number of Topliss-reactive ketones (excluding diaryl/α,β-unsaturated/α-hetero) is 1. The molecule has 70 valence electrons. The zero-order valence-electron chi connectivity index (χ0n) is 6.80. The van der Waals surface area contributed by atoms with Gasteiger partial charge in [0.15, 0.2) is 10.8 Å². The predicted octanol–water partition coefficient (Wildman–Crippen LogP) is 1.38. The van der Waals surface area contributed by atoms with E-state index in [1.165, 1.54) is 11.3 Å². The van der Waals surface area contributed by atoms with Crippen LogP contribution in [0.4, 0.5) is 0 Å². The van der Waals surface area contributed by atoms with Crippen LogP contribution >= 0.6 is 11.3 Å². The Morgan fingerprint density at radius 1 is 1.69 bits per heavy atom. The predicted molar refractivity (Wildman–Crippen MR) is 47.5 cm³/mol. The van der Waals surface area contributed by atoms with Crippen LogP contribution < -0.4 is 0 Å². The number of nitro groups is 1. The fourth-order valence-corrected chi connectivity index (χ4v) is 1.44. The highest BCUT2D eigenvalue weighted by Gasteiger charge is 2.09. The Morgan fingerprint density at radius 2 is 2.46 bits per heavy atom. The first-order valence-electron chi connectivity index (χ1n) is 3.74. The van der Waals surface area contributed by atoms with Gasteiger partial charge in [0.05, 0.1) is 0 Å². The number of thiazole rings is 1. The van der Waals surface area contributed by atoms with E-state index in [0.29, 0.717) is 5.01 Å². The summed E-state index contributed by atoms with van der Waals surface area (Å²) < 4.78 is 0. The second-order valence-electron chi connectivity index (χ2n) is 2.42. The van der Waals surface area contributed by atoms with E-state index >= 15 is 0 Å². The van der Waals surface area contributed by atoms with E-state index in [-0.39, 0.29) is 25.2 Å². The van der Waals surface area contributed by atoms with Gasteiger partial charge in [-0.25, -0.2) is 4.98 Å². The number of hydrogen-bond acceptors (Lipinski definition) is 5. The number of aromatic nitrogens is 1. The van der Waals surface area contributed by atoms with Crippen LogP contribution in [0.5, 0.6) is 0 Å². The van der Waals surface area contributed by atoms with Gasteiger partial charge >= 0.3 is 0 Å². The molecule has 0 saturated carbocycles. The molecule has 0 amide bonds. The minimum Gasteiger partial charge on any atom is -0.292 e. The lowest BCUT2D eigenvalue weighted by Crippen LogP contribution is -2.05. The molecule has 0 aliphatic carbocycles. The summed E-state index contributed by atoms with van der Waals surface area (Å²) >= 11 is 1.26. The van der Waals surface area contributed by atoms with Crippen molar-refractivity contribution in [3.63, 3.8) is 0 Å². The first-order chi connectivity index (χ1) is 6.20. The summed E-state index contributed by atoms with van der Waals surface area (Å²) in [6.45, 7) is -0.156. The van der Waals surface area contributed by atoms with Gasteiger partial charge in [-0.15, -0.1) is 11.3 Å². The van der Waals surface area contributed by atoms with Gasteiger partial charge in [0.25, 0.3) is 0 Å². The second kappa shape index (κ2) is 4.66. The highest BCUT2D eigenvalue weighted by atomic mass is 32.1. The molecule has 1 aromatic rings. The lowest BCUT2D eigenvalue weighted by Gasteiger charge is -1.92. The highest BCUT2D eigenvalue weighted by molar-refractivity contribution is 7.11. The average Bonchev–Trinajstić information content (AvgIpc) is 2.55. The Morgan fingerprint density at radius 3 is 3.00 bits per heavy atom. The molecule has 6 heteroatoms. The minimum absolute atomic E-state index is 0.114. The van der Waals surface area contributed by atoms with Crippen LogP contribution in [0, 0.1) is 10.1 Å². The monoisotopic (exact) mass is 200 g/mol. The zero-order valence-corrected chi connectivity index (χ0v) is 7.62. The number of carbonyl (C=O) groups excluding carboxylic acids is 1. The molecule has 0 spiro atoms. The summed E-state index contributed by atoms with van der Waals surface area (Å²) in [5, 5.41) is 12.1. The number of carbonyl (C=O) groups is 1. The normalized spacial score (nSPS) is 9.85.